The second-order valence-electron chi connectivity index (χ2n) is 12.0. The zero-order valence-electron chi connectivity index (χ0n) is 26.1. The molecule has 3 nitrogen and oxygen atoms in total. The summed E-state index contributed by atoms with van der Waals surface area (Å²) in [5.41, 5.74) is 7.83. The summed E-state index contributed by atoms with van der Waals surface area (Å²) in [4.78, 5) is 14.8. The summed E-state index contributed by atoms with van der Waals surface area (Å²) in [7, 11) is 0. The van der Waals surface area contributed by atoms with Gasteiger partial charge in [-0.25, -0.2) is 15.0 Å². The Morgan fingerprint density at radius 3 is 1.04 bits per heavy atom. The number of rotatable bonds is 5. The first-order valence-electron chi connectivity index (χ1n) is 16.2. The van der Waals surface area contributed by atoms with E-state index in [0.29, 0.717) is 17.5 Å². The molecule has 9 aromatic rings. The molecular formula is C45H29N3. The third-order valence-electron chi connectivity index (χ3n) is 9.08. The molecular weight excluding hydrogens is 583 g/mol. The molecule has 0 saturated carbocycles. The second-order valence-corrected chi connectivity index (χ2v) is 12.0. The summed E-state index contributed by atoms with van der Waals surface area (Å²) in [5.74, 6) is 1.97. The lowest BCUT2D eigenvalue weighted by Gasteiger charge is -2.18. The van der Waals surface area contributed by atoms with Crippen molar-refractivity contribution in [3.63, 3.8) is 0 Å². The van der Waals surface area contributed by atoms with E-state index in [1.165, 1.54) is 43.8 Å². The van der Waals surface area contributed by atoms with Crippen molar-refractivity contribution in [3.8, 4) is 56.4 Å². The average Bonchev–Trinajstić information content (AvgIpc) is 3.17. The van der Waals surface area contributed by atoms with Crippen molar-refractivity contribution >= 4 is 32.3 Å². The van der Waals surface area contributed by atoms with Gasteiger partial charge in [-0.2, -0.15) is 0 Å². The van der Waals surface area contributed by atoms with Crippen molar-refractivity contribution in [2.45, 2.75) is 0 Å². The molecule has 0 saturated heterocycles. The molecule has 0 spiro atoms. The van der Waals surface area contributed by atoms with Crippen molar-refractivity contribution in [1.82, 2.24) is 15.0 Å². The Hall–Kier alpha value is -6.45. The average molecular weight is 612 g/mol. The van der Waals surface area contributed by atoms with Crippen LogP contribution in [0.3, 0.4) is 0 Å². The minimum absolute atomic E-state index is 0.655. The quantitative estimate of drug-likeness (QED) is 0.182. The van der Waals surface area contributed by atoms with Crippen LogP contribution in [-0.4, -0.2) is 15.0 Å². The van der Waals surface area contributed by atoms with Crippen LogP contribution < -0.4 is 0 Å². The topological polar surface area (TPSA) is 38.7 Å². The van der Waals surface area contributed by atoms with Gasteiger partial charge in [0.2, 0.25) is 0 Å². The Morgan fingerprint density at radius 2 is 0.583 bits per heavy atom. The van der Waals surface area contributed by atoms with Gasteiger partial charge in [0.1, 0.15) is 0 Å². The van der Waals surface area contributed by atoms with E-state index in [4.69, 9.17) is 15.0 Å². The van der Waals surface area contributed by atoms with Gasteiger partial charge >= 0.3 is 0 Å². The molecule has 0 aliphatic heterocycles. The lowest BCUT2D eigenvalue weighted by Crippen LogP contribution is -2.00. The molecule has 0 atom stereocenters. The molecule has 0 amide bonds. The monoisotopic (exact) mass is 611 g/mol. The molecule has 0 aliphatic carbocycles. The van der Waals surface area contributed by atoms with Gasteiger partial charge in [-0.1, -0.05) is 164 Å². The van der Waals surface area contributed by atoms with E-state index in [-0.39, 0.29) is 0 Å². The van der Waals surface area contributed by atoms with Crippen LogP contribution in [0.1, 0.15) is 0 Å². The number of fused-ring (bicyclic) bond motifs is 3. The summed E-state index contributed by atoms with van der Waals surface area (Å²) in [6.45, 7) is 0. The largest absolute Gasteiger partial charge is 0.208 e. The zero-order chi connectivity index (χ0) is 31.9. The van der Waals surface area contributed by atoms with E-state index in [1.807, 2.05) is 60.7 Å². The van der Waals surface area contributed by atoms with E-state index >= 15 is 0 Å². The molecule has 0 radical (unpaired) electrons. The number of hydrogen-bond donors (Lipinski definition) is 0. The molecule has 0 bridgehead atoms. The van der Waals surface area contributed by atoms with E-state index in [9.17, 15) is 0 Å². The number of nitrogens with zero attached hydrogens (tertiary/aromatic N) is 3. The van der Waals surface area contributed by atoms with Crippen molar-refractivity contribution in [1.29, 1.82) is 0 Å². The molecule has 0 aliphatic rings. The van der Waals surface area contributed by atoms with Crippen LogP contribution in [0, 0.1) is 0 Å². The van der Waals surface area contributed by atoms with Crippen LogP contribution >= 0.6 is 0 Å². The Morgan fingerprint density at radius 1 is 0.250 bits per heavy atom. The van der Waals surface area contributed by atoms with E-state index in [1.54, 1.807) is 0 Å². The number of hydrogen-bond acceptors (Lipinski definition) is 3. The second kappa shape index (κ2) is 11.7. The van der Waals surface area contributed by atoms with E-state index < -0.39 is 0 Å². The summed E-state index contributed by atoms with van der Waals surface area (Å²) in [6, 6.07) is 61.8. The Balaban J connectivity index is 1.20. The summed E-state index contributed by atoms with van der Waals surface area (Å²) in [5, 5.41) is 7.30. The Labute approximate surface area is 278 Å². The SMILES string of the molecule is c1ccc(-c2nc(-c3ccccc3)nc(-c3ccc4cc(-c5c6ccccc6c(-c6ccccc6)c6ccccc56)ccc4c3)n2)cc1. The first kappa shape index (κ1) is 27.8. The molecule has 8 aromatic carbocycles. The van der Waals surface area contributed by atoms with Gasteiger partial charge < -0.3 is 0 Å². The summed E-state index contributed by atoms with van der Waals surface area (Å²) < 4.78 is 0. The van der Waals surface area contributed by atoms with E-state index in [0.717, 1.165) is 27.5 Å². The molecule has 48 heavy (non-hydrogen) atoms. The van der Waals surface area contributed by atoms with Gasteiger partial charge in [-0.15, -0.1) is 0 Å². The lowest BCUT2D eigenvalue weighted by atomic mass is 9.85. The highest BCUT2D eigenvalue weighted by Gasteiger charge is 2.17. The Kier molecular flexibility index (Phi) is 6.80. The standard InChI is InChI=1S/C45H29N3/c1-4-14-30(15-5-1)41-37-20-10-12-22-39(37)42(40-23-13-11-21-38(40)41)35-26-24-34-29-36(27-25-33(34)28-35)45-47-43(31-16-6-2-7-17-31)46-44(48-45)32-18-8-3-9-19-32/h1-29H. The predicted octanol–water partition coefficient (Wildman–Crippen LogP) is 11.7. The fraction of sp³-hybridized carbons (Fsp3) is 0. The third kappa shape index (κ3) is 4.90. The van der Waals surface area contributed by atoms with Crippen molar-refractivity contribution < 1.29 is 0 Å². The maximum Gasteiger partial charge on any atom is 0.164 e. The fourth-order valence-electron chi connectivity index (χ4n) is 6.83. The van der Waals surface area contributed by atoms with Gasteiger partial charge in [-0.05, 0) is 66.7 Å². The molecule has 1 aromatic heterocycles. The van der Waals surface area contributed by atoms with Gasteiger partial charge in [0.25, 0.3) is 0 Å². The highest BCUT2D eigenvalue weighted by Crippen LogP contribution is 2.44. The van der Waals surface area contributed by atoms with Crippen molar-refractivity contribution in [2.24, 2.45) is 0 Å². The van der Waals surface area contributed by atoms with Gasteiger partial charge in [0, 0.05) is 16.7 Å². The minimum Gasteiger partial charge on any atom is -0.208 e. The zero-order valence-corrected chi connectivity index (χ0v) is 26.1. The first-order valence-corrected chi connectivity index (χ1v) is 16.2. The maximum absolute atomic E-state index is 4.95. The fourth-order valence-corrected chi connectivity index (χ4v) is 6.83. The molecule has 1 heterocycles. The molecule has 3 heteroatoms. The summed E-state index contributed by atoms with van der Waals surface area (Å²) in [6.07, 6.45) is 0. The predicted molar refractivity (Wildman–Crippen MR) is 200 cm³/mol. The van der Waals surface area contributed by atoms with Crippen LogP contribution in [0.5, 0.6) is 0 Å². The highest BCUT2D eigenvalue weighted by atomic mass is 15.0. The van der Waals surface area contributed by atoms with Crippen LogP contribution in [0.25, 0.3) is 88.7 Å². The maximum atomic E-state index is 4.95. The third-order valence-corrected chi connectivity index (χ3v) is 9.08. The normalized spacial score (nSPS) is 11.3. The Bertz CT molecular complexity index is 2480. The lowest BCUT2D eigenvalue weighted by molar-refractivity contribution is 1.07. The van der Waals surface area contributed by atoms with Gasteiger partial charge in [-0.3, -0.25) is 0 Å². The molecule has 0 N–H and O–H groups in total. The van der Waals surface area contributed by atoms with Crippen LogP contribution in [0.4, 0.5) is 0 Å². The molecule has 0 unspecified atom stereocenters. The van der Waals surface area contributed by atoms with Crippen molar-refractivity contribution in [2.75, 3.05) is 0 Å². The molecule has 0 fully saturated rings. The van der Waals surface area contributed by atoms with Gasteiger partial charge in [0.15, 0.2) is 17.5 Å². The molecule has 224 valence electrons. The summed E-state index contributed by atoms with van der Waals surface area (Å²) >= 11 is 0. The van der Waals surface area contributed by atoms with Crippen molar-refractivity contribution in [3.05, 3.63) is 176 Å². The van der Waals surface area contributed by atoms with Crippen LogP contribution in [-0.2, 0) is 0 Å². The molecule has 9 rings (SSSR count). The van der Waals surface area contributed by atoms with Gasteiger partial charge in [0.05, 0.1) is 0 Å². The van der Waals surface area contributed by atoms with E-state index in [2.05, 4.69) is 115 Å². The smallest absolute Gasteiger partial charge is 0.164 e. The number of aromatic nitrogens is 3. The minimum atomic E-state index is 0.655. The highest BCUT2D eigenvalue weighted by molar-refractivity contribution is 6.21. The first-order chi connectivity index (χ1) is 23.8. The van der Waals surface area contributed by atoms with Crippen LogP contribution in [0.2, 0.25) is 0 Å². The number of benzene rings is 8. The van der Waals surface area contributed by atoms with Crippen LogP contribution in [0.15, 0.2) is 176 Å².